The summed E-state index contributed by atoms with van der Waals surface area (Å²) in [7, 11) is 0. The summed E-state index contributed by atoms with van der Waals surface area (Å²) in [6.07, 6.45) is 0. The van der Waals surface area contributed by atoms with Crippen molar-refractivity contribution in [2.24, 2.45) is 0 Å². The summed E-state index contributed by atoms with van der Waals surface area (Å²) in [5, 5.41) is 13.9. The van der Waals surface area contributed by atoms with Crippen LogP contribution in [0.2, 0.25) is 0 Å². The molecule has 0 aliphatic rings. The first-order chi connectivity index (χ1) is 9.08. The second-order valence-electron chi connectivity index (χ2n) is 4.19. The molecule has 0 fully saturated rings. The predicted molar refractivity (Wildman–Crippen MR) is 79.3 cm³/mol. The molecule has 2 aromatic rings. The summed E-state index contributed by atoms with van der Waals surface area (Å²) >= 11 is 3.51. The third kappa shape index (κ3) is 3.32. The van der Waals surface area contributed by atoms with Crippen molar-refractivity contribution < 1.29 is 4.92 Å². The molecule has 1 N–H and O–H groups in total. The summed E-state index contributed by atoms with van der Waals surface area (Å²) in [4.78, 5) is 10.2. The lowest BCUT2D eigenvalue weighted by Crippen LogP contribution is -2.07. The summed E-state index contributed by atoms with van der Waals surface area (Å²) < 4.78 is 1.04. The van der Waals surface area contributed by atoms with E-state index < -0.39 is 4.92 Å². The zero-order valence-corrected chi connectivity index (χ0v) is 11.9. The molecule has 19 heavy (non-hydrogen) atoms. The second-order valence-corrected chi connectivity index (χ2v) is 5.05. The number of rotatable bonds is 4. The Morgan fingerprint density at radius 1 is 1.16 bits per heavy atom. The maximum Gasteiger partial charge on any atom is 0.269 e. The van der Waals surface area contributed by atoms with E-state index >= 15 is 0 Å². The number of anilines is 1. The van der Waals surface area contributed by atoms with E-state index in [1.165, 1.54) is 12.1 Å². The number of hydrogen-bond acceptors (Lipinski definition) is 3. The lowest BCUT2D eigenvalue weighted by atomic mass is 10.1. The molecule has 0 bridgehead atoms. The summed E-state index contributed by atoms with van der Waals surface area (Å²) in [6.45, 7) is 2.04. The molecule has 0 spiro atoms. The molecule has 2 rings (SSSR count). The molecule has 0 amide bonds. The van der Waals surface area contributed by atoms with Crippen molar-refractivity contribution in [1.29, 1.82) is 0 Å². The Kier molecular flexibility index (Phi) is 4.16. The number of nitro groups is 1. The average Bonchev–Trinajstić information content (AvgIpc) is 2.39. The van der Waals surface area contributed by atoms with Crippen LogP contribution in [0.4, 0.5) is 11.4 Å². The van der Waals surface area contributed by atoms with Crippen molar-refractivity contribution in [2.75, 3.05) is 5.32 Å². The van der Waals surface area contributed by atoms with E-state index in [2.05, 4.69) is 21.2 Å². The fourth-order valence-corrected chi connectivity index (χ4v) is 2.46. The van der Waals surface area contributed by atoms with Gasteiger partial charge in [0, 0.05) is 28.3 Å². The quantitative estimate of drug-likeness (QED) is 0.665. The first-order valence-electron chi connectivity index (χ1n) is 5.83. The predicted octanol–water partition coefficient (Wildman–Crippen LogP) is 4.53. The molecule has 0 aliphatic carbocycles. The fraction of sp³-hybridized carbons (Fsp3) is 0.143. The number of benzene rings is 2. The summed E-state index contributed by atoms with van der Waals surface area (Å²) in [5.74, 6) is 0. The van der Waals surface area contributed by atoms with Crippen LogP contribution in [-0.4, -0.2) is 4.92 Å². The lowest BCUT2D eigenvalue weighted by Gasteiger charge is -2.17. The topological polar surface area (TPSA) is 55.2 Å². The Morgan fingerprint density at radius 3 is 2.37 bits per heavy atom. The molecule has 5 heteroatoms. The van der Waals surface area contributed by atoms with E-state index in [0.717, 1.165) is 15.7 Å². The Bertz CT molecular complexity index is 584. The van der Waals surface area contributed by atoms with E-state index in [-0.39, 0.29) is 11.7 Å². The number of hydrogen-bond donors (Lipinski definition) is 1. The van der Waals surface area contributed by atoms with Gasteiger partial charge in [0.2, 0.25) is 0 Å². The molecule has 2 aromatic carbocycles. The van der Waals surface area contributed by atoms with Crippen LogP contribution >= 0.6 is 15.9 Å². The first-order valence-corrected chi connectivity index (χ1v) is 6.62. The van der Waals surface area contributed by atoms with Crippen LogP contribution in [0.1, 0.15) is 18.5 Å². The van der Waals surface area contributed by atoms with Gasteiger partial charge in [-0.25, -0.2) is 0 Å². The monoisotopic (exact) mass is 320 g/mol. The fourth-order valence-electron chi connectivity index (χ4n) is 1.83. The third-order valence-corrected chi connectivity index (χ3v) is 3.56. The molecule has 0 heterocycles. The SMILES string of the molecule is CC(Nc1ccc([N+](=O)[O-])cc1)c1ccccc1Br. The smallest absolute Gasteiger partial charge is 0.269 e. The van der Waals surface area contributed by atoms with Crippen molar-refractivity contribution in [3.8, 4) is 0 Å². The summed E-state index contributed by atoms with van der Waals surface area (Å²) in [5.41, 5.74) is 2.09. The van der Waals surface area contributed by atoms with Crippen molar-refractivity contribution >= 4 is 27.3 Å². The lowest BCUT2D eigenvalue weighted by molar-refractivity contribution is -0.384. The Balaban J connectivity index is 2.13. The molecule has 0 aliphatic heterocycles. The highest BCUT2D eigenvalue weighted by Crippen LogP contribution is 2.26. The van der Waals surface area contributed by atoms with Crippen LogP contribution < -0.4 is 5.32 Å². The minimum absolute atomic E-state index is 0.0964. The van der Waals surface area contributed by atoms with Gasteiger partial charge in [-0.1, -0.05) is 34.1 Å². The molecule has 4 nitrogen and oxygen atoms in total. The highest BCUT2D eigenvalue weighted by atomic mass is 79.9. The van der Waals surface area contributed by atoms with Crippen LogP contribution in [0.5, 0.6) is 0 Å². The molecule has 0 radical (unpaired) electrons. The van der Waals surface area contributed by atoms with Gasteiger partial charge in [-0.05, 0) is 30.7 Å². The standard InChI is InChI=1S/C14H13BrN2O2/c1-10(13-4-2-3-5-14(13)15)16-11-6-8-12(9-7-11)17(18)19/h2-10,16H,1H3. The van der Waals surface area contributed by atoms with Crippen LogP contribution in [0, 0.1) is 10.1 Å². The zero-order chi connectivity index (χ0) is 13.8. The molecule has 0 saturated heterocycles. The second kappa shape index (κ2) is 5.84. The molecule has 98 valence electrons. The van der Waals surface area contributed by atoms with Gasteiger partial charge in [-0.3, -0.25) is 10.1 Å². The summed E-state index contributed by atoms with van der Waals surface area (Å²) in [6, 6.07) is 14.5. The van der Waals surface area contributed by atoms with Gasteiger partial charge < -0.3 is 5.32 Å². The Morgan fingerprint density at radius 2 is 1.79 bits per heavy atom. The highest BCUT2D eigenvalue weighted by Gasteiger charge is 2.09. The van der Waals surface area contributed by atoms with Gasteiger partial charge in [0.1, 0.15) is 0 Å². The van der Waals surface area contributed by atoms with Gasteiger partial charge >= 0.3 is 0 Å². The number of non-ortho nitro benzene ring substituents is 1. The van der Waals surface area contributed by atoms with E-state index in [4.69, 9.17) is 0 Å². The maximum absolute atomic E-state index is 10.6. The van der Waals surface area contributed by atoms with Crippen molar-refractivity contribution in [1.82, 2.24) is 0 Å². The van der Waals surface area contributed by atoms with E-state index in [1.54, 1.807) is 12.1 Å². The first kappa shape index (κ1) is 13.5. The van der Waals surface area contributed by atoms with E-state index in [9.17, 15) is 10.1 Å². The van der Waals surface area contributed by atoms with Crippen LogP contribution in [-0.2, 0) is 0 Å². The largest absolute Gasteiger partial charge is 0.378 e. The van der Waals surface area contributed by atoms with Gasteiger partial charge in [-0.2, -0.15) is 0 Å². The van der Waals surface area contributed by atoms with Crippen LogP contribution in [0.25, 0.3) is 0 Å². The van der Waals surface area contributed by atoms with Crippen molar-refractivity contribution in [3.05, 3.63) is 68.7 Å². The molecule has 1 unspecified atom stereocenters. The number of nitrogens with one attached hydrogen (secondary N) is 1. The number of nitrogens with zero attached hydrogens (tertiary/aromatic N) is 1. The average molecular weight is 321 g/mol. The molecule has 1 atom stereocenters. The van der Waals surface area contributed by atoms with Gasteiger partial charge in [0.05, 0.1) is 4.92 Å². The number of nitro benzene ring substituents is 1. The molecule has 0 saturated carbocycles. The minimum Gasteiger partial charge on any atom is -0.378 e. The highest BCUT2D eigenvalue weighted by molar-refractivity contribution is 9.10. The number of halogens is 1. The van der Waals surface area contributed by atoms with Gasteiger partial charge in [-0.15, -0.1) is 0 Å². The Hall–Kier alpha value is -1.88. The Labute approximate surface area is 119 Å². The maximum atomic E-state index is 10.6. The minimum atomic E-state index is -0.402. The molecular weight excluding hydrogens is 308 g/mol. The van der Waals surface area contributed by atoms with Gasteiger partial charge in [0.15, 0.2) is 0 Å². The van der Waals surface area contributed by atoms with Crippen molar-refractivity contribution in [2.45, 2.75) is 13.0 Å². The molecule has 0 aromatic heterocycles. The normalized spacial score (nSPS) is 11.9. The van der Waals surface area contributed by atoms with Crippen LogP contribution in [0.3, 0.4) is 0 Å². The zero-order valence-electron chi connectivity index (χ0n) is 10.3. The van der Waals surface area contributed by atoms with Gasteiger partial charge in [0.25, 0.3) is 5.69 Å². The van der Waals surface area contributed by atoms with E-state index in [0.29, 0.717) is 0 Å². The third-order valence-electron chi connectivity index (χ3n) is 2.83. The molecular formula is C14H13BrN2O2. The van der Waals surface area contributed by atoms with Crippen molar-refractivity contribution in [3.63, 3.8) is 0 Å². The van der Waals surface area contributed by atoms with Crippen LogP contribution in [0.15, 0.2) is 53.0 Å². The van der Waals surface area contributed by atoms with E-state index in [1.807, 2.05) is 31.2 Å².